The number of benzene rings is 1. The summed E-state index contributed by atoms with van der Waals surface area (Å²) in [5, 5.41) is 7.01. The molecule has 0 unspecified atom stereocenters. The van der Waals surface area contributed by atoms with Gasteiger partial charge in [0.15, 0.2) is 0 Å². The number of nitrogen functional groups attached to an aromatic ring is 1. The molecule has 0 saturated carbocycles. The Balaban J connectivity index is 1.91. The largest absolute Gasteiger partial charge is 0.399 e. The molecular weight excluding hydrogens is 252 g/mol. The number of amides is 1. The van der Waals surface area contributed by atoms with Crippen LogP contribution in [0.15, 0.2) is 48.8 Å². The van der Waals surface area contributed by atoms with Crippen LogP contribution in [0.2, 0.25) is 0 Å². The van der Waals surface area contributed by atoms with Crippen LogP contribution < -0.4 is 11.1 Å². The fourth-order valence-corrected chi connectivity index (χ4v) is 2.06. The number of hydrogen-bond acceptors (Lipinski definition) is 3. The number of nitrogens with one attached hydrogen (secondary N) is 1. The minimum atomic E-state index is -0.185. The highest BCUT2D eigenvalue weighted by Gasteiger charge is 2.12. The van der Waals surface area contributed by atoms with Crippen LogP contribution in [0.3, 0.4) is 0 Å². The van der Waals surface area contributed by atoms with Gasteiger partial charge in [-0.3, -0.25) is 4.79 Å². The molecule has 0 radical (unpaired) electrons. The van der Waals surface area contributed by atoms with Gasteiger partial charge in [-0.2, -0.15) is 5.10 Å². The van der Waals surface area contributed by atoms with Crippen LogP contribution in [0, 0.1) is 6.92 Å². The third-order valence-corrected chi connectivity index (χ3v) is 3.20. The molecule has 2 heterocycles. The van der Waals surface area contributed by atoms with E-state index in [0.717, 1.165) is 16.8 Å². The molecule has 2 aromatic heterocycles. The van der Waals surface area contributed by atoms with Gasteiger partial charge in [0.2, 0.25) is 0 Å². The summed E-state index contributed by atoms with van der Waals surface area (Å²) in [6, 6.07) is 11.0. The first-order chi connectivity index (χ1) is 9.65. The lowest BCUT2D eigenvalue weighted by atomic mass is 10.1. The van der Waals surface area contributed by atoms with E-state index in [1.165, 1.54) is 0 Å². The summed E-state index contributed by atoms with van der Waals surface area (Å²) in [6.07, 6.45) is 3.37. The standard InChI is InChI=1S/C15H14N4O/c1-10-8-11(5-6-13(10)16)18-15(20)12-9-17-19-7-3-2-4-14(12)19/h2-9H,16H2,1H3,(H,18,20). The first kappa shape index (κ1) is 12.2. The van der Waals surface area contributed by atoms with E-state index in [1.54, 1.807) is 29.0 Å². The first-order valence-electron chi connectivity index (χ1n) is 6.25. The number of fused-ring (bicyclic) bond motifs is 1. The second kappa shape index (κ2) is 4.70. The number of aromatic nitrogens is 2. The van der Waals surface area contributed by atoms with E-state index in [1.807, 2.05) is 31.2 Å². The van der Waals surface area contributed by atoms with E-state index in [2.05, 4.69) is 10.4 Å². The molecule has 3 rings (SSSR count). The number of nitrogens with zero attached hydrogens (tertiary/aromatic N) is 2. The minimum Gasteiger partial charge on any atom is -0.399 e. The minimum absolute atomic E-state index is 0.185. The predicted octanol–water partition coefficient (Wildman–Crippen LogP) is 2.48. The molecule has 0 fully saturated rings. The van der Waals surface area contributed by atoms with E-state index in [-0.39, 0.29) is 5.91 Å². The number of carbonyl (C=O) groups excluding carboxylic acids is 1. The molecule has 0 atom stereocenters. The summed E-state index contributed by atoms with van der Waals surface area (Å²) in [5.41, 5.74) is 9.44. The zero-order valence-electron chi connectivity index (χ0n) is 11.0. The number of aryl methyl sites for hydroxylation is 1. The average molecular weight is 266 g/mol. The van der Waals surface area contributed by atoms with Gasteiger partial charge in [-0.05, 0) is 42.8 Å². The Morgan fingerprint density at radius 3 is 2.95 bits per heavy atom. The molecule has 3 N–H and O–H groups in total. The molecule has 5 heteroatoms. The van der Waals surface area contributed by atoms with Crippen LogP contribution in [-0.4, -0.2) is 15.5 Å². The number of anilines is 2. The Bertz CT molecular complexity index is 791. The quantitative estimate of drug-likeness (QED) is 0.700. The van der Waals surface area contributed by atoms with Crippen molar-refractivity contribution in [3.63, 3.8) is 0 Å². The lowest BCUT2D eigenvalue weighted by molar-refractivity contribution is 0.102. The Kier molecular flexibility index (Phi) is 2.87. The van der Waals surface area contributed by atoms with Gasteiger partial charge in [0.25, 0.3) is 5.91 Å². The van der Waals surface area contributed by atoms with Gasteiger partial charge in [-0.15, -0.1) is 0 Å². The molecule has 100 valence electrons. The van der Waals surface area contributed by atoms with E-state index < -0.39 is 0 Å². The Morgan fingerprint density at radius 1 is 1.30 bits per heavy atom. The monoisotopic (exact) mass is 266 g/mol. The lowest BCUT2D eigenvalue weighted by Crippen LogP contribution is -2.11. The van der Waals surface area contributed by atoms with Gasteiger partial charge in [0, 0.05) is 17.6 Å². The molecule has 0 spiro atoms. The number of rotatable bonds is 2. The van der Waals surface area contributed by atoms with Gasteiger partial charge < -0.3 is 11.1 Å². The Hall–Kier alpha value is -2.82. The molecule has 3 aromatic rings. The highest BCUT2D eigenvalue weighted by atomic mass is 16.1. The normalized spacial score (nSPS) is 10.7. The maximum Gasteiger partial charge on any atom is 0.259 e. The lowest BCUT2D eigenvalue weighted by Gasteiger charge is -2.06. The van der Waals surface area contributed by atoms with Gasteiger partial charge in [-0.25, -0.2) is 4.52 Å². The molecule has 0 aliphatic heterocycles. The van der Waals surface area contributed by atoms with Crippen molar-refractivity contribution in [2.24, 2.45) is 0 Å². The zero-order valence-corrected chi connectivity index (χ0v) is 11.0. The van der Waals surface area contributed by atoms with E-state index in [9.17, 15) is 4.79 Å². The highest BCUT2D eigenvalue weighted by molar-refractivity contribution is 6.08. The molecule has 0 bridgehead atoms. The predicted molar refractivity (Wildman–Crippen MR) is 78.7 cm³/mol. The van der Waals surface area contributed by atoms with E-state index in [4.69, 9.17) is 5.73 Å². The SMILES string of the molecule is Cc1cc(NC(=O)c2cnn3ccccc23)ccc1N. The summed E-state index contributed by atoms with van der Waals surface area (Å²) in [5.74, 6) is -0.185. The van der Waals surface area contributed by atoms with Crippen LogP contribution in [0.5, 0.6) is 0 Å². The molecular formula is C15H14N4O. The second-order valence-corrected chi connectivity index (χ2v) is 4.61. The van der Waals surface area contributed by atoms with Crippen LogP contribution in [0.4, 0.5) is 11.4 Å². The molecule has 0 saturated heterocycles. The van der Waals surface area contributed by atoms with Crippen molar-refractivity contribution >= 4 is 22.8 Å². The molecule has 1 aromatic carbocycles. The van der Waals surface area contributed by atoms with E-state index >= 15 is 0 Å². The van der Waals surface area contributed by atoms with Crippen molar-refractivity contribution in [3.8, 4) is 0 Å². The average Bonchev–Trinajstić information content (AvgIpc) is 2.87. The van der Waals surface area contributed by atoms with Gasteiger partial charge >= 0.3 is 0 Å². The van der Waals surface area contributed by atoms with Crippen molar-refractivity contribution in [3.05, 3.63) is 59.9 Å². The molecule has 5 nitrogen and oxygen atoms in total. The van der Waals surface area contributed by atoms with Gasteiger partial charge in [0.1, 0.15) is 0 Å². The smallest absolute Gasteiger partial charge is 0.259 e. The number of hydrogen-bond donors (Lipinski definition) is 2. The molecule has 0 aliphatic carbocycles. The fourth-order valence-electron chi connectivity index (χ4n) is 2.06. The Morgan fingerprint density at radius 2 is 2.15 bits per heavy atom. The van der Waals surface area contributed by atoms with Crippen molar-refractivity contribution in [2.45, 2.75) is 6.92 Å². The van der Waals surface area contributed by atoms with Gasteiger partial charge in [-0.1, -0.05) is 6.07 Å². The zero-order chi connectivity index (χ0) is 14.1. The highest BCUT2D eigenvalue weighted by Crippen LogP contribution is 2.18. The Labute approximate surface area is 116 Å². The third kappa shape index (κ3) is 2.09. The molecule has 0 aliphatic rings. The van der Waals surface area contributed by atoms with Crippen molar-refractivity contribution < 1.29 is 4.79 Å². The van der Waals surface area contributed by atoms with Crippen molar-refractivity contribution in [1.29, 1.82) is 0 Å². The summed E-state index contributed by atoms with van der Waals surface area (Å²) in [6.45, 7) is 1.90. The van der Waals surface area contributed by atoms with Gasteiger partial charge in [0.05, 0.1) is 17.3 Å². The summed E-state index contributed by atoms with van der Waals surface area (Å²) in [4.78, 5) is 12.3. The van der Waals surface area contributed by atoms with Crippen molar-refractivity contribution in [2.75, 3.05) is 11.1 Å². The van der Waals surface area contributed by atoms with E-state index in [0.29, 0.717) is 11.3 Å². The maximum atomic E-state index is 12.3. The first-order valence-corrected chi connectivity index (χ1v) is 6.25. The number of carbonyl (C=O) groups is 1. The summed E-state index contributed by atoms with van der Waals surface area (Å²) >= 11 is 0. The molecule has 20 heavy (non-hydrogen) atoms. The summed E-state index contributed by atoms with van der Waals surface area (Å²) in [7, 11) is 0. The van der Waals surface area contributed by atoms with Crippen LogP contribution in [0.1, 0.15) is 15.9 Å². The second-order valence-electron chi connectivity index (χ2n) is 4.61. The molecule has 1 amide bonds. The summed E-state index contributed by atoms with van der Waals surface area (Å²) < 4.78 is 1.67. The van der Waals surface area contributed by atoms with Crippen LogP contribution >= 0.6 is 0 Å². The topological polar surface area (TPSA) is 72.4 Å². The number of pyridine rings is 1. The van der Waals surface area contributed by atoms with Crippen LogP contribution in [0.25, 0.3) is 5.52 Å². The fraction of sp³-hybridized carbons (Fsp3) is 0.0667. The third-order valence-electron chi connectivity index (χ3n) is 3.20. The maximum absolute atomic E-state index is 12.3. The van der Waals surface area contributed by atoms with Crippen LogP contribution in [-0.2, 0) is 0 Å². The number of nitrogens with two attached hydrogens (primary N) is 1. The van der Waals surface area contributed by atoms with Crippen molar-refractivity contribution in [1.82, 2.24) is 9.61 Å².